The van der Waals surface area contributed by atoms with E-state index in [0.29, 0.717) is 0 Å². The van der Waals surface area contributed by atoms with Crippen LogP contribution in [0.4, 0.5) is 0 Å². The highest BCUT2D eigenvalue weighted by Crippen LogP contribution is 2.23. The van der Waals surface area contributed by atoms with Gasteiger partial charge in [0, 0.05) is 31.5 Å². The standard InChI is InChI=1S/C11H21N3O/c1-5-14-8-9(7-13-14)10(12)6-11(2,3)15-4/h7-8,10H,5-6,12H2,1-4H3. The molecular weight excluding hydrogens is 190 g/mol. The molecule has 0 amide bonds. The Morgan fingerprint density at radius 3 is 2.73 bits per heavy atom. The molecule has 0 saturated carbocycles. The second-order valence-corrected chi connectivity index (χ2v) is 4.40. The Balaban J connectivity index is 2.64. The monoisotopic (exact) mass is 211 g/mol. The second kappa shape index (κ2) is 4.77. The molecule has 0 radical (unpaired) electrons. The number of methoxy groups -OCH3 is 1. The van der Waals surface area contributed by atoms with Crippen LogP contribution < -0.4 is 5.73 Å². The summed E-state index contributed by atoms with van der Waals surface area (Å²) < 4.78 is 7.24. The first-order valence-corrected chi connectivity index (χ1v) is 5.31. The third-order valence-corrected chi connectivity index (χ3v) is 2.67. The Labute approximate surface area is 91.4 Å². The number of hydrogen-bond acceptors (Lipinski definition) is 3. The summed E-state index contributed by atoms with van der Waals surface area (Å²) in [6, 6.07) is -0.0137. The van der Waals surface area contributed by atoms with E-state index in [9.17, 15) is 0 Å². The van der Waals surface area contributed by atoms with Crippen molar-refractivity contribution in [2.45, 2.75) is 45.4 Å². The van der Waals surface area contributed by atoms with Gasteiger partial charge >= 0.3 is 0 Å². The van der Waals surface area contributed by atoms with Crippen LogP contribution in [-0.2, 0) is 11.3 Å². The molecule has 4 heteroatoms. The molecule has 0 bridgehead atoms. The molecule has 1 unspecified atom stereocenters. The largest absolute Gasteiger partial charge is 0.379 e. The maximum Gasteiger partial charge on any atom is 0.0640 e. The number of nitrogens with zero attached hydrogens (tertiary/aromatic N) is 2. The molecule has 1 rings (SSSR count). The summed E-state index contributed by atoms with van der Waals surface area (Å²) in [5, 5.41) is 4.21. The van der Waals surface area contributed by atoms with Crippen molar-refractivity contribution in [1.29, 1.82) is 0 Å². The molecule has 2 N–H and O–H groups in total. The number of aromatic nitrogens is 2. The quantitative estimate of drug-likeness (QED) is 0.806. The molecule has 86 valence electrons. The van der Waals surface area contributed by atoms with Gasteiger partial charge in [0.1, 0.15) is 0 Å². The lowest BCUT2D eigenvalue weighted by Gasteiger charge is -2.25. The lowest BCUT2D eigenvalue weighted by atomic mass is 9.96. The fraction of sp³-hybridized carbons (Fsp3) is 0.727. The van der Waals surface area contributed by atoms with Crippen LogP contribution >= 0.6 is 0 Å². The summed E-state index contributed by atoms with van der Waals surface area (Å²) in [6.45, 7) is 7.01. The summed E-state index contributed by atoms with van der Waals surface area (Å²) in [7, 11) is 1.71. The zero-order chi connectivity index (χ0) is 11.5. The predicted octanol–water partition coefficient (Wildman–Crippen LogP) is 1.72. The van der Waals surface area contributed by atoms with Gasteiger partial charge in [0.25, 0.3) is 0 Å². The van der Waals surface area contributed by atoms with Crippen molar-refractivity contribution < 1.29 is 4.74 Å². The molecule has 0 aromatic carbocycles. The smallest absolute Gasteiger partial charge is 0.0640 e. The van der Waals surface area contributed by atoms with Gasteiger partial charge in [-0.2, -0.15) is 5.10 Å². The Bertz CT molecular complexity index is 307. The fourth-order valence-corrected chi connectivity index (χ4v) is 1.47. The number of nitrogens with two attached hydrogens (primary N) is 1. The van der Waals surface area contributed by atoms with E-state index in [0.717, 1.165) is 18.5 Å². The van der Waals surface area contributed by atoms with Gasteiger partial charge in [0.05, 0.1) is 11.8 Å². The molecule has 0 spiro atoms. The highest BCUT2D eigenvalue weighted by molar-refractivity contribution is 5.10. The van der Waals surface area contributed by atoms with E-state index in [4.69, 9.17) is 10.5 Å². The fourth-order valence-electron chi connectivity index (χ4n) is 1.47. The molecule has 1 aromatic heterocycles. The van der Waals surface area contributed by atoms with Gasteiger partial charge in [-0.3, -0.25) is 4.68 Å². The maximum absolute atomic E-state index is 6.09. The average molecular weight is 211 g/mol. The molecule has 1 aromatic rings. The van der Waals surface area contributed by atoms with Gasteiger partial charge in [-0.15, -0.1) is 0 Å². The molecule has 1 heterocycles. The molecule has 0 fully saturated rings. The second-order valence-electron chi connectivity index (χ2n) is 4.40. The minimum Gasteiger partial charge on any atom is -0.379 e. The SMILES string of the molecule is CCn1cc(C(N)CC(C)(C)OC)cn1. The predicted molar refractivity (Wildman–Crippen MR) is 60.5 cm³/mol. The molecule has 15 heavy (non-hydrogen) atoms. The minimum absolute atomic E-state index is 0.0137. The number of ether oxygens (including phenoxy) is 1. The average Bonchev–Trinajstić information content (AvgIpc) is 2.65. The Morgan fingerprint density at radius 2 is 2.27 bits per heavy atom. The van der Waals surface area contributed by atoms with Crippen LogP contribution in [0, 0.1) is 0 Å². The van der Waals surface area contributed by atoms with E-state index < -0.39 is 0 Å². The van der Waals surface area contributed by atoms with Gasteiger partial charge in [-0.25, -0.2) is 0 Å². The summed E-state index contributed by atoms with van der Waals surface area (Å²) in [4.78, 5) is 0. The van der Waals surface area contributed by atoms with Crippen LogP contribution in [0.5, 0.6) is 0 Å². The summed E-state index contributed by atoms with van der Waals surface area (Å²) in [5.74, 6) is 0. The van der Waals surface area contributed by atoms with E-state index in [2.05, 4.69) is 12.0 Å². The lowest BCUT2D eigenvalue weighted by molar-refractivity contribution is 0.00995. The molecule has 0 aliphatic heterocycles. The number of rotatable bonds is 5. The van der Waals surface area contributed by atoms with Gasteiger partial charge in [0.2, 0.25) is 0 Å². The zero-order valence-corrected chi connectivity index (χ0v) is 10.0. The van der Waals surface area contributed by atoms with Gasteiger partial charge in [-0.05, 0) is 27.2 Å². The first kappa shape index (κ1) is 12.2. The molecule has 1 atom stereocenters. The maximum atomic E-state index is 6.09. The van der Waals surface area contributed by atoms with E-state index in [1.54, 1.807) is 7.11 Å². The van der Waals surface area contributed by atoms with Crippen molar-refractivity contribution in [3.8, 4) is 0 Å². The van der Waals surface area contributed by atoms with Crippen molar-refractivity contribution in [3.63, 3.8) is 0 Å². The topological polar surface area (TPSA) is 53.1 Å². The molecular formula is C11H21N3O. The summed E-state index contributed by atoms with van der Waals surface area (Å²) >= 11 is 0. The van der Waals surface area contributed by atoms with Crippen molar-refractivity contribution in [2.75, 3.05) is 7.11 Å². The Hall–Kier alpha value is -0.870. The highest BCUT2D eigenvalue weighted by Gasteiger charge is 2.22. The van der Waals surface area contributed by atoms with Crippen molar-refractivity contribution >= 4 is 0 Å². The van der Waals surface area contributed by atoms with Crippen LogP contribution in [-0.4, -0.2) is 22.5 Å². The van der Waals surface area contributed by atoms with Gasteiger partial charge in [-0.1, -0.05) is 0 Å². The van der Waals surface area contributed by atoms with Gasteiger partial charge in [0.15, 0.2) is 0 Å². The lowest BCUT2D eigenvalue weighted by Crippen LogP contribution is -2.28. The highest BCUT2D eigenvalue weighted by atomic mass is 16.5. The summed E-state index contributed by atoms with van der Waals surface area (Å²) in [6.07, 6.45) is 4.62. The van der Waals surface area contributed by atoms with Crippen LogP contribution in [0.2, 0.25) is 0 Å². The van der Waals surface area contributed by atoms with Gasteiger partial charge < -0.3 is 10.5 Å². The third kappa shape index (κ3) is 3.32. The summed E-state index contributed by atoms with van der Waals surface area (Å²) in [5.41, 5.74) is 6.98. The third-order valence-electron chi connectivity index (χ3n) is 2.67. The molecule has 0 aliphatic carbocycles. The van der Waals surface area contributed by atoms with Crippen LogP contribution in [0.25, 0.3) is 0 Å². The van der Waals surface area contributed by atoms with E-state index in [-0.39, 0.29) is 11.6 Å². The first-order chi connectivity index (χ1) is 6.98. The number of aryl methyl sites for hydroxylation is 1. The minimum atomic E-state index is -0.187. The molecule has 0 saturated heterocycles. The zero-order valence-electron chi connectivity index (χ0n) is 10.0. The van der Waals surface area contributed by atoms with E-state index in [1.165, 1.54) is 0 Å². The van der Waals surface area contributed by atoms with Crippen LogP contribution in [0.15, 0.2) is 12.4 Å². The van der Waals surface area contributed by atoms with Crippen LogP contribution in [0.1, 0.15) is 38.8 Å². The van der Waals surface area contributed by atoms with Crippen LogP contribution in [0.3, 0.4) is 0 Å². The van der Waals surface area contributed by atoms with Crippen molar-refractivity contribution in [2.24, 2.45) is 5.73 Å². The molecule has 0 aliphatic rings. The van der Waals surface area contributed by atoms with Crippen molar-refractivity contribution in [1.82, 2.24) is 9.78 Å². The molecule has 4 nitrogen and oxygen atoms in total. The van der Waals surface area contributed by atoms with E-state index in [1.807, 2.05) is 30.9 Å². The Kier molecular flexibility index (Phi) is 3.88. The normalized spacial score (nSPS) is 14.2. The first-order valence-electron chi connectivity index (χ1n) is 5.31. The Morgan fingerprint density at radius 1 is 1.60 bits per heavy atom. The van der Waals surface area contributed by atoms with Crippen molar-refractivity contribution in [3.05, 3.63) is 18.0 Å². The number of hydrogen-bond donors (Lipinski definition) is 1. The van der Waals surface area contributed by atoms with E-state index >= 15 is 0 Å².